The van der Waals surface area contributed by atoms with Crippen molar-refractivity contribution in [2.75, 3.05) is 0 Å². The molecule has 0 aliphatic heterocycles. The summed E-state index contributed by atoms with van der Waals surface area (Å²) in [6.07, 6.45) is 5.48. The molecule has 0 fully saturated rings. The molecule has 0 aliphatic rings. The summed E-state index contributed by atoms with van der Waals surface area (Å²) in [6, 6.07) is 24.0. The zero-order valence-corrected chi connectivity index (χ0v) is 20.6. The van der Waals surface area contributed by atoms with Gasteiger partial charge in [0.25, 0.3) is 0 Å². The normalized spacial score (nSPS) is 11.0. The summed E-state index contributed by atoms with van der Waals surface area (Å²) in [7, 11) is 0. The number of hydrogen-bond acceptors (Lipinski definition) is 4. The number of benzene rings is 2. The first-order valence-corrected chi connectivity index (χ1v) is 10.8. The number of hydrogen-bond donors (Lipinski definition) is 1. The van der Waals surface area contributed by atoms with Crippen molar-refractivity contribution in [1.29, 1.82) is 0 Å². The molecular formula is C26H29IN2O4. The molecule has 1 atom stereocenters. The Morgan fingerprint density at radius 1 is 0.758 bits per heavy atom. The second-order valence-electron chi connectivity index (χ2n) is 7.46. The van der Waals surface area contributed by atoms with E-state index in [4.69, 9.17) is 9.47 Å². The average Bonchev–Trinajstić information content (AvgIpc) is 2.85. The number of carbonyl (C=O) groups is 2. The third-order valence-electron chi connectivity index (χ3n) is 4.95. The first-order valence-electron chi connectivity index (χ1n) is 10.8. The van der Waals surface area contributed by atoms with Crippen LogP contribution in [-0.2, 0) is 34.0 Å². The molecule has 1 heterocycles. The second kappa shape index (κ2) is 15.0. The van der Waals surface area contributed by atoms with E-state index in [2.05, 4.69) is 9.88 Å². The van der Waals surface area contributed by atoms with Crippen LogP contribution in [0.2, 0.25) is 0 Å². The smallest absolute Gasteiger partial charge is 0.408 e. The predicted octanol–water partition coefficient (Wildman–Crippen LogP) is 1.19. The molecule has 0 spiro atoms. The topological polar surface area (TPSA) is 68.5 Å². The van der Waals surface area contributed by atoms with E-state index >= 15 is 0 Å². The largest absolute Gasteiger partial charge is 1.00 e. The number of nitrogens with one attached hydrogen (secondary N) is 1. The number of aromatic nitrogens is 1. The van der Waals surface area contributed by atoms with Gasteiger partial charge in [-0.25, -0.2) is 14.2 Å². The zero-order valence-electron chi connectivity index (χ0n) is 18.4. The Morgan fingerprint density at radius 2 is 1.30 bits per heavy atom. The minimum Gasteiger partial charge on any atom is -1.00 e. The number of amides is 1. The van der Waals surface area contributed by atoms with E-state index in [1.54, 1.807) is 0 Å². The van der Waals surface area contributed by atoms with Gasteiger partial charge in [0.2, 0.25) is 0 Å². The van der Waals surface area contributed by atoms with Crippen molar-refractivity contribution in [3.63, 3.8) is 0 Å². The molecule has 33 heavy (non-hydrogen) atoms. The van der Waals surface area contributed by atoms with Crippen LogP contribution >= 0.6 is 0 Å². The molecule has 1 amide bonds. The molecule has 0 saturated heterocycles. The minimum atomic E-state index is -0.761. The van der Waals surface area contributed by atoms with E-state index < -0.39 is 18.1 Å². The zero-order chi connectivity index (χ0) is 22.4. The standard InChI is InChI=1S/C26H28N2O4.HI/c29-25(31-20-22-12-4-1-5-13-22)24(16-8-11-19-28-17-9-3-10-18-28)27-26(30)32-21-23-14-6-2-7-15-23;/h1-7,9-10,12-15,17-18,24H,8,11,16,19-21H2;1H/t24-;/m0./s1. The number of pyridine rings is 1. The first-order chi connectivity index (χ1) is 15.7. The van der Waals surface area contributed by atoms with Crippen molar-refractivity contribution in [2.45, 2.75) is 45.1 Å². The number of carbonyl (C=O) groups excluding carboxylic acids is 2. The van der Waals surface area contributed by atoms with Crippen LogP contribution in [0, 0.1) is 0 Å². The molecule has 0 aliphatic carbocycles. The number of unbranched alkanes of at least 4 members (excludes halogenated alkanes) is 1. The number of alkyl carbamates (subject to hydrolysis) is 1. The molecule has 0 bridgehead atoms. The fraction of sp³-hybridized carbons (Fsp3) is 0.269. The van der Waals surface area contributed by atoms with Crippen molar-refractivity contribution >= 4 is 12.1 Å². The molecule has 1 N–H and O–H groups in total. The highest BCUT2D eigenvalue weighted by molar-refractivity contribution is 5.81. The summed E-state index contributed by atoms with van der Waals surface area (Å²) >= 11 is 0. The van der Waals surface area contributed by atoms with Crippen LogP contribution in [0.3, 0.4) is 0 Å². The number of aryl methyl sites for hydroxylation is 1. The van der Waals surface area contributed by atoms with Crippen molar-refractivity contribution in [3.8, 4) is 0 Å². The number of esters is 1. The van der Waals surface area contributed by atoms with Crippen LogP contribution in [0.4, 0.5) is 4.79 Å². The number of halogens is 1. The monoisotopic (exact) mass is 560 g/mol. The second-order valence-corrected chi connectivity index (χ2v) is 7.46. The maximum absolute atomic E-state index is 12.7. The molecule has 7 heteroatoms. The van der Waals surface area contributed by atoms with Gasteiger partial charge < -0.3 is 38.8 Å². The molecule has 0 radical (unpaired) electrons. The molecule has 3 aromatic rings. The van der Waals surface area contributed by atoms with Crippen LogP contribution in [0.5, 0.6) is 0 Å². The molecular weight excluding hydrogens is 531 g/mol. The van der Waals surface area contributed by atoms with E-state index in [9.17, 15) is 9.59 Å². The van der Waals surface area contributed by atoms with Crippen LogP contribution in [0.25, 0.3) is 0 Å². The quantitative estimate of drug-likeness (QED) is 0.166. The molecule has 174 valence electrons. The summed E-state index contributed by atoms with van der Waals surface area (Å²) in [5, 5.41) is 2.68. The van der Waals surface area contributed by atoms with Gasteiger partial charge in [0.15, 0.2) is 12.4 Å². The molecule has 6 nitrogen and oxygen atoms in total. The summed E-state index contributed by atoms with van der Waals surface area (Å²) in [5.41, 5.74) is 1.78. The predicted molar refractivity (Wildman–Crippen MR) is 120 cm³/mol. The lowest BCUT2D eigenvalue weighted by molar-refractivity contribution is -0.697. The fourth-order valence-electron chi connectivity index (χ4n) is 3.21. The van der Waals surface area contributed by atoms with Crippen molar-refractivity contribution in [3.05, 3.63) is 102 Å². The number of rotatable bonds is 11. The maximum Gasteiger partial charge on any atom is 0.408 e. The molecule has 0 saturated carbocycles. The van der Waals surface area contributed by atoms with Gasteiger partial charge in [-0.2, -0.15) is 0 Å². The van der Waals surface area contributed by atoms with Gasteiger partial charge in [-0.3, -0.25) is 0 Å². The van der Waals surface area contributed by atoms with Crippen LogP contribution < -0.4 is 33.9 Å². The van der Waals surface area contributed by atoms with E-state index in [1.165, 1.54) is 0 Å². The molecule has 0 unspecified atom stereocenters. The maximum atomic E-state index is 12.7. The van der Waals surface area contributed by atoms with Gasteiger partial charge in [-0.15, -0.1) is 0 Å². The van der Waals surface area contributed by atoms with Crippen molar-refractivity contribution in [2.24, 2.45) is 0 Å². The van der Waals surface area contributed by atoms with Crippen molar-refractivity contribution < 1.29 is 47.6 Å². The van der Waals surface area contributed by atoms with Gasteiger partial charge in [0, 0.05) is 18.6 Å². The number of ether oxygens (including phenoxy) is 2. The Balaban J connectivity index is 0.00000385. The van der Waals surface area contributed by atoms with E-state index in [-0.39, 0.29) is 37.2 Å². The van der Waals surface area contributed by atoms with Gasteiger partial charge in [0.05, 0.1) is 0 Å². The van der Waals surface area contributed by atoms with Crippen LogP contribution in [0.15, 0.2) is 91.3 Å². The van der Waals surface area contributed by atoms with E-state index in [0.717, 1.165) is 30.5 Å². The third kappa shape index (κ3) is 10.0. The molecule has 1 aromatic heterocycles. The first kappa shape index (κ1) is 26.3. The lowest BCUT2D eigenvalue weighted by atomic mass is 10.1. The van der Waals surface area contributed by atoms with Gasteiger partial charge in [-0.05, 0) is 24.0 Å². The molecule has 2 aromatic carbocycles. The lowest BCUT2D eigenvalue weighted by Crippen LogP contribution is -3.00. The average molecular weight is 560 g/mol. The van der Waals surface area contributed by atoms with Crippen LogP contribution in [-0.4, -0.2) is 18.1 Å². The summed E-state index contributed by atoms with van der Waals surface area (Å²) in [4.78, 5) is 25.0. The van der Waals surface area contributed by atoms with E-state index in [0.29, 0.717) is 6.42 Å². The Morgan fingerprint density at radius 3 is 1.91 bits per heavy atom. The van der Waals surface area contributed by atoms with Gasteiger partial charge in [0.1, 0.15) is 25.8 Å². The minimum absolute atomic E-state index is 0. The highest BCUT2D eigenvalue weighted by atomic mass is 127. The van der Waals surface area contributed by atoms with Gasteiger partial charge in [-0.1, -0.05) is 66.7 Å². The summed E-state index contributed by atoms with van der Waals surface area (Å²) in [5.74, 6) is -0.460. The SMILES string of the molecule is O=C(N[C@@H](CCCC[n+]1ccccc1)C(=O)OCc1ccccc1)OCc1ccccc1.[I-]. The lowest BCUT2D eigenvalue weighted by Gasteiger charge is -2.17. The van der Waals surface area contributed by atoms with E-state index in [1.807, 2.05) is 91.3 Å². The Kier molecular flexibility index (Phi) is 12.0. The fourth-order valence-corrected chi connectivity index (χ4v) is 3.21. The summed E-state index contributed by atoms with van der Waals surface area (Å²) < 4.78 is 12.8. The Bertz CT molecular complexity index is 956. The van der Waals surface area contributed by atoms with Crippen LogP contribution in [0.1, 0.15) is 30.4 Å². The Labute approximate surface area is 212 Å². The van der Waals surface area contributed by atoms with Crippen molar-refractivity contribution in [1.82, 2.24) is 5.32 Å². The Hall–Kier alpha value is -2.94. The molecule has 3 rings (SSSR count). The summed E-state index contributed by atoms with van der Waals surface area (Å²) in [6.45, 7) is 1.14. The third-order valence-corrected chi connectivity index (χ3v) is 4.95. The highest BCUT2D eigenvalue weighted by Crippen LogP contribution is 2.08. The number of nitrogens with zero attached hydrogens (tertiary/aromatic N) is 1. The highest BCUT2D eigenvalue weighted by Gasteiger charge is 2.23. The van der Waals surface area contributed by atoms with Gasteiger partial charge >= 0.3 is 12.1 Å².